The maximum absolute atomic E-state index is 2.41. The molecule has 2 aliphatic carbocycles. The van der Waals surface area contributed by atoms with Gasteiger partial charge in [0.1, 0.15) is 0 Å². The Hall–Kier alpha value is -2.80. The number of aromatic nitrogens is 1. The second-order valence-corrected chi connectivity index (χ2v) is 6.88. The van der Waals surface area contributed by atoms with E-state index in [2.05, 4.69) is 89.6 Å². The highest BCUT2D eigenvalue weighted by Gasteiger charge is 2.17. The number of hydrogen-bond donors (Lipinski definition) is 0. The van der Waals surface area contributed by atoms with E-state index in [1.54, 1.807) is 0 Å². The van der Waals surface area contributed by atoms with E-state index in [-0.39, 0.29) is 0 Å². The van der Waals surface area contributed by atoms with E-state index < -0.39 is 0 Å². The van der Waals surface area contributed by atoms with Gasteiger partial charge in [0.15, 0.2) is 0 Å². The van der Waals surface area contributed by atoms with Gasteiger partial charge in [-0.2, -0.15) is 0 Å². The summed E-state index contributed by atoms with van der Waals surface area (Å²) >= 11 is 0. The second-order valence-electron chi connectivity index (χ2n) is 6.88. The number of para-hydroxylation sites is 2. The molecule has 0 amide bonds. The number of benzene rings is 2. The third-order valence-corrected chi connectivity index (χ3v) is 5.37. The van der Waals surface area contributed by atoms with Crippen molar-refractivity contribution in [3.8, 4) is 0 Å². The van der Waals surface area contributed by atoms with Gasteiger partial charge in [-0.25, -0.2) is 0 Å². The lowest BCUT2D eigenvalue weighted by Gasteiger charge is -2.20. The molecular formula is C24H21N. The highest BCUT2D eigenvalue weighted by Crippen LogP contribution is 2.35. The molecule has 5 rings (SSSR count). The summed E-state index contributed by atoms with van der Waals surface area (Å²) in [6, 6.07) is 17.4. The number of rotatable bonds is 2. The predicted octanol–water partition coefficient (Wildman–Crippen LogP) is 6.49. The summed E-state index contributed by atoms with van der Waals surface area (Å²) in [5.74, 6) is 0.522. The second kappa shape index (κ2) is 5.93. The molecule has 1 unspecified atom stereocenters. The lowest BCUT2D eigenvalue weighted by atomic mass is 9.88. The molecule has 0 radical (unpaired) electrons. The van der Waals surface area contributed by atoms with Crippen LogP contribution in [-0.2, 0) is 0 Å². The van der Waals surface area contributed by atoms with Gasteiger partial charge in [0.05, 0.1) is 11.0 Å². The van der Waals surface area contributed by atoms with Crippen molar-refractivity contribution in [1.82, 2.24) is 4.57 Å². The molecule has 0 saturated carbocycles. The molecule has 0 aliphatic heterocycles. The van der Waals surface area contributed by atoms with E-state index in [0.717, 1.165) is 6.42 Å². The van der Waals surface area contributed by atoms with Crippen LogP contribution in [0.1, 0.15) is 19.3 Å². The lowest BCUT2D eigenvalue weighted by Crippen LogP contribution is -2.06. The molecule has 1 atom stereocenters. The first-order valence-corrected chi connectivity index (χ1v) is 9.15. The average Bonchev–Trinajstić information content (AvgIpc) is 3.03. The van der Waals surface area contributed by atoms with Crippen molar-refractivity contribution in [2.24, 2.45) is 5.92 Å². The Morgan fingerprint density at radius 3 is 2.08 bits per heavy atom. The minimum absolute atomic E-state index is 0.522. The minimum Gasteiger partial charge on any atom is -0.310 e. The van der Waals surface area contributed by atoms with E-state index in [4.69, 9.17) is 0 Å². The molecule has 1 aromatic heterocycles. The number of fused-ring (bicyclic) bond motifs is 3. The van der Waals surface area contributed by atoms with Gasteiger partial charge in [-0.1, -0.05) is 66.8 Å². The lowest BCUT2D eigenvalue weighted by molar-refractivity contribution is 0.769. The first kappa shape index (κ1) is 14.5. The van der Waals surface area contributed by atoms with Crippen LogP contribution in [0, 0.1) is 5.92 Å². The summed E-state index contributed by atoms with van der Waals surface area (Å²) in [5, 5.41) is 2.65. The molecule has 1 heterocycles. The SMILES string of the molecule is C1=CC(C2C=CC(n3c4ccccc4c4ccccc43)=CC2)=CCC1. The van der Waals surface area contributed by atoms with Crippen LogP contribution in [-0.4, -0.2) is 4.57 Å². The van der Waals surface area contributed by atoms with E-state index in [0.29, 0.717) is 5.92 Å². The smallest absolute Gasteiger partial charge is 0.0540 e. The molecule has 0 spiro atoms. The predicted molar refractivity (Wildman–Crippen MR) is 107 cm³/mol. The molecule has 1 heteroatoms. The fourth-order valence-corrected chi connectivity index (χ4v) is 4.13. The van der Waals surface area contributed by atoms with Crippen molar-refractivity contribution in [2.75, 3.05) is 0 Å². The summed E-state index contributed by atoms with van der Waals surface area (Å²) in [4.78, 5) is 0. The molecule has 2 aromatic carbocycles. The Balaban J connectivity index is 1.60. The molecule has 2 aliphatic rings. The Labute approximate surface area is 148 Å². The van der Waals surface area contributed by atoms with Gasteiger partial charge < -0.3 is 4.57 Å². The topological polar surface area (TPSA) is 4.93 Å². The number of hydrogen-bond acceptors (Lipinski definition) is 0. The van der Waals surface area contributed by atoms with Crippen molar-refractivity contribution < 1.29 is 0 Å². The van der Waals surface area contributed by atoms with E-state index in [1.807, 2.05) is 0 Å². The van der Waals surface area contributed by atoms with Crippen molar-refractivity contribution in [2.45, 2.75) is 19.3 Å². The van der Waals surface area contributed by atoms with Crippen LogP contribution < -0.4 is 0 Å². The molecule has 0 saturated heterocycles. The summed E-state index contributed by atoms with van der Waals surface area (Å²) in [7, 11) is 0. The highest BCUT2D eigenvalue weighted by atomic mass is 15.0. The summed E-state index contributed by atoms with van der Waals surface area (Å²) in [5.41, 5.74) is 5.33. The maximum Gasteiger partial charge on any atom is 0.0540 e. The summed E-state index contributed by atoms with van der Waals surface area (Å²) in [6.07, 6.45) is 17.5. The van der Waals surface area contributed by atoms with Crippen LogP contribution in [0.15, 0.2) is 90.6 Å². The first-order chi connectivity index (χ1) is 12.4. The van der Waals surface area contributed by atoms with Gasteiger partial charge in [0.25, 0.3) is 0 Å². The van der Waals surface area contributed by atoms with Crippen LogP contribution in [0.5, 0.6) is 0 Å². The van der Waals surface area contributed by atoms with Crippen LogP contribution in [0.25, 0.3) is 27.5 Å². The Bertz CT molecular complexity index is 1020. The quantitative estimate of drug-likeness (QED) is 0.508. The minimum atomic E-state index is 0.522. The van der Waals surface area contributed by atoms with Gasteiger partial charge in [0, 0.05) is 22.4 Å². The van der Waals surface area contributed by atoms with Crippen LogP contribution in [0.2, 0.25) is 0 Å². The standard InChI is InChI=1S/C24H21N/c1-2-8-18(9-3-1)19-14-16-20(17-15-19)25-23-12-6-4-10-21(23)22-11-5-7-13-24(22)25/h2,4-14,16-17,19H,1,3,15H2. The van der Waals surface area contributed by atoms with Crippen molar-refractivity contribution in [3.05, 3.63) is 90.6 Å². The van der Waals surface area contributed by atoms with E-state index >= 15 is 0 Å². The van der Waals surface area contributed by atoms with E-state index in [1.165, 1.54) is 45.9 Å². The molecule has 0 fully saturated rings. The first-order valence-electron chi connectivity index (χ1n) is 9.15. The van der Waals surface area contributed by atoms with Crippen molar-refractivity contribution in [1.29, 1.82) is 0 Å². The van der Waals surface area contributed by atoms with Gasteiger partial charge in [0.2, 0.25) is 0 Å². The summed E-state index contributed by atoms with van der Waals surface area (Å²) < 4.78 is 2.41. The number of nitrogens with zero attached hydrogens (tertiary/aromatic N) is 1. The molecular weight excluding hydrogens is 302 g/mol. The van der Waals surface area contributed by atoms with Crippen molar-refractivity contribution >= 4 is 27.5 Å². The fourth-order valence-electron chi connectivity index (χ4n) is 4.13. The van der Waals surface area contributed by atoms with Gasteiger partial charge in [-0.05, 0) is 43.0 Å². The van der Waals surface area contributed by atoms with E-state index in [9.17, 15) is 0 Å². The van der Waals surface area contributed by atoms with Crippen LogP contribution >= 0.6 is 0 Å². The average molecular weight is 323 g/mol. The Morgan fingerprint density at radius 1 is 0.760 bits per heavy atom. The molecule has 3 aromatic rings. The third-order valence-electron chi connectivity index (χ3n) is 5.37. The van der Waals surface area contributed by atoms with Crippen LogP contribution in [0.4, 0.5) is 0 Å². The summed E-state index contributed by atoms with van der Waals surface area (Å²) in [6.45, 7) is 0. The zero-order chi connectivity index (χ0) is 16.6. The maximum atomic E-state index is 2.41. The van der Waals surface area contributed by atoms with Gasteiger partial charge >= 0.3 is 0 Å². The highest BCUT2D eigenvalue weighted by molar-refractivity contribution is 6.10. The van der Waals surface area contributed by atoms with Crippen molar-refractivity contribution in [3.63, 3.8) is 0 Å². The zero-order valence-electron chi connectivity index (χ0n) is 14.2. The fraction of sp³-hybridized carbons (Fsp3) is 0.167. The Kier molecular flexibility index (Phi) is 3.45. The molecule has 0 N–H and O–H groups in total. The molecule has 0 bridgehead atoms. The Morgan fingerprint density at radius 2 is 1.48 bits per heavy atom. The largest absolute Gasteiger partial charge is 0.310 e. The third kappa shape index (κ3) is 2.39. The number of allylic oxidation sites excluding steroid dienone is 8. The zero-order valence-corrected chi connectivity index (χ0v) is 14.2. The van der Waals surface area contributed by atoms with Gasteiger partial charge in [-0.3, -0.25) is 0 Å². The molecule has 1 nitrogen and oxygen atoms in total. The van der Waals surface area contributed by atoms with Gasteiger partial charge in [-0.15, -0.1) is 0 Å². The molecule has 25 heavy (non-hydrogen) atoms. The van der Waals surface area contributed by atoms with Crippen LogP contribution in [0.3, 0.4) is 0 Å². The monoisotopic (exact) mass is 323 g/mol. The molecule has 122 valence electrons. The normalized spacial score (nSPS) is 20.1.